The van der Waals surface area contributed by atoms with Crippen LogP contribution in [-0.4, -0.2) is 50.5 Å². The summed E-state index contributed by atoms with van der Waals surface area (Å²) in [4.78, 5) is 28.3. The first-order valence-electron chi connectivity index (χ1n) is 12.2. The van der Waals surface area contributed by atoms with Crippen molar-refractivity contribution >= 4 is 27.5 Å². The molecule has 0 saturated carbocycles. The van der Waals surface area contributed by atoms with Gasteiger partial charge in [-0.2, -0.15) is 0 Å². The normalized spacial score (nSPS) is 12.2. The Bertz CT molecular complexity index is 1130. The topological polar surface area (TPSA) is 86.8 Å². The number of rotatable bonds is 12. The van der Waals surface area contributed by atoms with Gasteiger partial charge in [-0.05, 0) is 56.4 Å². The lowest BCUT2D eigenvalue weighted by molar-refractivity contribution is -0.140. The van der Waals surface area contributed by atoms with Crippen LogP contribution in [0.3, 0.4) is 0 Å². The van der Waals surface area contributed by atoms with Gasteiger partial charge in [0.05, 0.1) is 11.9 Å². The number of aryl methyl sites for hydroxylation is 2. The predicted octanol–water partition coefficient (Wildman–Crippen LogP) is 4.10. The number of unbranched alkanes of at least 4 members (excludes halogenated alkanes) is 1. The molecule has 1 N–H and O–H groups in total. The van der Waals surface area contributed by atoms with Crippen molar-refractivity contribution in [1.82, 2.24) is 10.2 Å². The maximum Gasteiger partial charge on any atom is 0.244 e. The Hall–Kier alpha value is -2.87. The molecular weight excluding hydrogens is 462 g/mol. The van der Waals surface area contributed by atoms with Crippen LogP contribution < -0.4 is 9.62 Å². The molecule has 2 aromatic carbocycles. The molecule has 35 heavy (non-hydrogen) atoms. The summed E-state index contributed by atoms with van der Waals surface area (Å²) in [7, 11) is -3.75. The van der Waals surface area contributed by atoms with Crippen LogP contribution in [-0.2, 0) is 26.2 Å². The van der Waals surface area contributed by atoms with Crippen molar-refractivity contribution in [2.24, 2.45) is 0 Å². The minimum absolute atomic E-state index is 0.213. The van der Waals surface area contributed by atoms with Crippen LogP contribution in [0.1, 0.15) is 55.4 Å². The second-order valence-corrected chi connectivity index (χ2v) is 11.0. The fourth-order valence-electron chi connectivity index (χ4n) is 4.03. The molecule has 0 aromatic heterocycles. The summed E-state index contributed by atoms with van der Waals surface area (Å²) in [5.74, 6) is -0.644. The quantitative estimate of drug-likeness (QED) is 0.444. The Morgan fingerprint density at radius 2 is 1.71 bits per heavy atom. The average Bonchev–Trinajstić information content (AvgIpc) is 2.79. The van der Waals surface area contributed by atoms with Gasteiger partial charge in [-0.1, -0.05) is 62.2 Å². The van der Waals surface area contributed by atoms with Gasteiger partial charge in [-0.15, -0.1) is 0 Å². The molecule has 0 bridgehead atoms. The predicted molar refractivity (Wildman–Crippen MR) is 142 cm³/mol. The molecule has 0 aliphatic heterocycles. The lowest BCUT2D eigenvalue weighted by atomic mass is 10.1. The monoisotopic (exact) mass is 501 g/mol. The minimum Gasteiger partial charge on any atom is -0.354 e. The van der Waals surface area contributed by atoms with Gasteiger partial charge >= 0.3 is 0 Å². The van der Waals surface area contributed by atoms with Gasteiger partial charge in [0.15, 0.2) is 0 Å². The van der Waals surface area contributed by atoms with E-state index in [1.54, 1.807) is 12.1 Å². The number of anilines is 1. The molecule has 0 unspecified atom stereocenters. The largest absolute Gasteiger partial charge is 0.354 e. The number of carbonyl (C=O) groups excluding carboxylic acids is 2. The van der Waals surface area contributed by atoms with Crippen LogP contribution in [0.2, 0.25) is 0 Å². The third-order valence-electron chi connectivity index (χ3n) is 6.17. The van der Waals surface area contributed by atoms with E-state index in [1.807, 2.05) is 65.0 Å². The van der Waals surface area contributed by atoms with E-state index >= 15 is 0 Å². The maximum atomic E-state index is 13.7. The Morgan fingerprint density at radius 1 is 1.03 bits per heavy atom. The van der Waals surface area contributed by atoms with Crippen molar-refractivity contribution in [2.45, 2.75) is 66.5 Å². The van der Waals surface area contributed by atoms with E-state index < -0.39 is 22.0 Å². The van der Waals surface area contributed by atoms with Crippen LogP contribution >= 0.6 is 0 Å². The summed E-state index contributed by atoms with van der Waals surface area (Å²) in [6, 6.07) is 12.4. The van der Waals surface area contributed by atoms with E-state index in [0.29, 0.717) is 18.7 Å². The molecule has 0 radical (unpaired) electrons. The highest BCUT2D eigenvalue weighted by Gasteiger charge is 2.32. The zero-order valence-corrected chi connectivity index (χ0v) is 22.6. The highest BCUT2D eigenvalue weighted by Crippen LogP contribution is 2.25. The Labute approximate surface area is 210 Å². The van der Waals surface area contributed by atoms with Gasteiger partial charge in [-0.25, -0.2) is 8.42 Å². The van der Waals surface area contributed by atoms with Crippen LogP contribution in [0.4, 0.5) is 5.69 Å². The summed E-state index contributed by atoms with van der Waals surface area (Å²) in [6.07, 6.45) is 3.31. The first-order chi connectivity index (χ1) is 16.5. The molecule has 0 aliphatic carbocycles. The van der Waals surface area contributed by atoms with Crippen molar-refractivity contribution in [3.63, 3.8) is 0 Å². The van der Waals surface area contributed by atoms with E-state index in [-0.39, 0.29) is 19.0 Å². The van der Waals surface area contributed by atoms with E-state index in [1.165, 1.54) is 4.90 Å². The van der Waals surface area contributed by atoms with Gasteiger partial charge in [0.25, 0.3) is 0 Å². The van der Waals surface area contributed by atoms with Crippen LogP contribution in [0, 0.1) is 20.8 Å². The molecule has 0 spiro atoms. The van der Waals surface area contributed by atoms with Crippen molar-refractivity contribution in [3.8, 4) is 0 Å². The summed E-state index contributed by atoms with van der Waals surface area (Å²) in [5.41, 5.74) is 4.12. The second kappa shape index (κ2) is 12.7. The molecule has 0 aliphatic rings. The number of hydrogen-bond donors (Lipinski definition) is 1. The van der Waals surface area contributed by atoms with Gasteiger partial charge in [0.1, 0.15) is 12.6 Å². The fraction of sp³-hybridized carbons (Fsp3) is 0.481. The molecule has 192 valence electrons. The number of nitrogens with one attached hydrogen (secondary N) is 1. The second-order valence-electron chi connectivity index (χ2n) is 9.07. The molecule has 1 atom stereocenters. The Balaban J connectivity index is 2.45. The van der Waals surface area contributed by atoms with E-state index in [2.05, 4.69) is 5.32 Å². The fourth-order valence-corrected chi connectivity index (χ4v) is 4.93. The zero-order valence-electron chi connectivity index (χ0n) is 21.8. The lowest BCUT2D eigenvalue weighted by Crippen LogP contribution is -2.52. The van der Waals surface area contributed by atoms with Crippen LogP contribution in [0.25, 0.3) is 0 Å². The molecule has 2 rings (SSSR count). The molecule has 0 heterocycles. The van der Waals surface area contributed by atoms with Gasteiger partial charge in [0, 0.05) is 13.1 Å². The van der Waals surface area contributed by atoms with E-state index in [9.17, 15) is 18.0 Å². The number of benzene rings is 2. The Kier molecular flexibility index (Phi) is 10.3. The summed E-state index contributed by atoms with van der Waals surface area (Å²) in [6.45, 7) is 9.99. The van der Waals surface area contributed by atoms with Crippen LogP contribution in [0.15, 0.2) is 42.5 Å². The van der Waals surface area contributed by atoms with Crippen molar-refractivity contribution in [2.75, 3.05) is 23.7 Å². The molecular formula is C27H39N3O4S. The minimum atomic E-state index is -3.75. The highest BCUT2D eigenvalue weighted by atomic mass is 32.2. The first-order valence-corrected chi connectivity index (χ1v) is 14.0. The van der Waals surface area contributed by atoms with Gasteiger partial charge in [-0.3, -0.25) is 13.9 Å². The lowest BCUT2D eigenvalue weighted by Gasteiger charge is -2.33. The molecule has 0 fully saturated rings. The molecule has 0 saturated heterocycles. The van der Waals surface area contributed by atoms with E-state index in [0.717, 1.165) is 45.7 Å². The number of carbonyl (C=O) groups is 2. The average molecular weight is 502 g/mol. The van der Waals surface area contributed by atoms with Gasteiger partial charge < -0.3 is 10.2 Å². The zero-order chi connectivity index (χ0) is 26.2. The molecule has 2 aromatic rings. The maximum absolute atomic E-state index is 13.7. The highest BCUT2D eigenvalue weighted by molar-refractivity contribution is 7.92. The van der Waals surface area contributed by atoms with E-state index in [4.69, 9.17) is 0 Å². The third kappa shape index (κ3) is 7.82. The third-order valence-corrected chi connectivity index (χ3v) is 7.30. The summed E-state index contributed by atoms with van der Waals surface area (Å²) >= 11 is 0. The first kappa shape index (κ1) is 28.4. The summed E-state index contributed by atoms with van der Waals surface area (Å²) in [5, 5.41) is 2.93. The van der Waals surface area contributed by atoms with Crippen LogP contribution in [0.5, 0.6) is 0 Å². The smallest absolute Gasteiger partial charge is 0.244 e. The molecule has 2 amide bonds. The molecule has 8 heteroatoms. The Morgan fingerprint density at radius 3 is 2.31 bits per heavy atom. The van der Waals surface area contributed by atoms with Crippen molar-refractivity contribution in [1.29, 1.82) is 0 Å². The van der Waals surface area contributed by atoms with Gasteiger partial charge in [0.2, 0.25) is 21.8 Å². The number of hydrogen-bond acceptors (Lipinski definition) is 4. The SMILES string of the molecule is CCCCNC(=O)[C@H](CC)N(Cc1cccc(C)c1)C(=O)CN(c1cccc(C)c1C)S(C)(=O)=O. The van der Waals surface area contributed by atoms with Crippen molar-refractivity contribution < 1.29 is 18.0 Å². The van der Waals surface area contributed by atoms with Crippen molar-refractivity contribution in [3.05, 3.63) is 64.7 Å². The number of nitrogens with zero attached hydrogens (tertiary/aromatic N) is 2. The standard InChI is InChI=1S/C27H39N3O4S/c1-7-9-16-28-27(32)24(8-2)29(18-23-14-10-12-20(3)17-23)26(31)19-30(35(6,33)34)25-15-11-13-21(4)22(25)5/h10-15,17,24H,7-9,16,18-19H2,1-6H3,(H,28,32)/t24-/m0/s1. The summed E-state index contributed by atoms with van der Waals surface area (Å²) < 4.78 is 26.7. The number of amides is 2. The molecule has 7 nitrogen and oxygen atoms in total. The number of sulfonamides is 1.